The molecular formula is C18H15N3O. The molecule has 0 aliphatic heterocycles. The fourth-order valence-corrected chi connectivity index (χ4v) is 2.21. The van der Waals surface area contributed by atoms with E-state index in [4.69, 9.17) is 5.73 Å². The molecule has 4 heteroatoms. The van der Waals surface area contributed by atoms with Gasteiger partial charge in [-0.1, -0.05) is 30.3 Å². The zero-order valence-corrected chi connectivity index (χ0v) is 11.9. The van der Waals surface area contributed by atoms with Crippen LogP contribution in [0.2, 0.25) is 0 Å². The lowest BCUT2D eigenvalue weighted by Crippen LogP contribution is -2.10. The standard InChI is InChI=1S/C18H15N3O/c19-18(22)14-8-10-15(11-9-14)21-16-7-4-12-20-17(16)13-5-2-1-3-6-13/h1-12,21H,(H2,19,22). The molecule has 3 N–H and O–H groups in total. The molecule has 2 aromatic carbocycles. The minimum absolute atomic E-state index is 0.432. The van der Waals surface area contributed by atoms with Gasteiger partial charge < -0.3 is 11.1 Å². The van der Waals surface area contributed by atoms with E-state index in [2.05, 4.69) is 10.3 Å². The van der Waals surface area contributed by atoms with Gasteiger partial charge in [0.05, 0.1) is 11.4 Å². The summed E-state index contributed by atoms with van der Waals surface area (Å²) in [7, 11) is 0. The van der Waals surface area contributed by atoms with E-state index in [-0.39, 0.29) is 0 Å². The van der Waals surface area contributed by atoms with Gasteiger partial charge in [0.1, 0.15) is 0 Å². The number of hydrogen-bond donors (Lipinski definition) is 2. The first-order valence-corrected chi connectivity index (χ1v) is 6.91. The third kappa shape index (κ3) is 2.96. The normalized spacial score (nSPS) is 10.2. The van der Waals surface area contributed by atoms with Gasteiger partial charge in [-0.25, -0.2) is 0 Å². The lowest BCUT2D eigenvalue weighted by molar-refractivity contribution is 0.100. The van der Waals surface area contributed by atoms with Crippen LogP contribution in [-0.4, -0.2) is 10.9 Å². The highest BCUT2D eigenvalue weighted by atomic mass is 16.1. The van der Waals surface area contributed by atoms with Crippen LogP contribution in [0.1, 0.15) is 10.4 Å². The van der Waals surface area contributed by atoms with Crippen LogP contribution in [0.15, 0.2) is 72.9 Å². The number of nitrogens with two attached hydrogens (primary N) is 1. The largest absolute Gasteiger partial charge is 0.366 e. The number of anilines is 2. The minimum Gasteiger partial charge on any atom is -0.366 e. The SMILES string of the molecule is NC(=O)c1ccc(Nc2cccnc2-c2ccccc2)cc1. The van der Waals surface area contributed by atoms with Crippen molar-refractivity contribution in [2.24, 2.45) is 5.73 Å². The van der Waals surface area contributed by atoms with Gasteiger partial charge in [0.15, 0.2) is 0 Å². The number of aromatic nitrogens is 1. The maximum absolute atomic E-state index is 11.1. The summed E-state index contributed by atoms with van der Waals surface area (Å²) in [6, 6.07) is 20.9. The molecule has 22 heavy (non-hydrogen) atoms. The Balaban J connectivity index is 1.91. The summed E-state index contributed by atoms with van der Waals surface area (Å²) in [4.78, 5) is 15.6. The van der Waals surface area contributed by atoms with Gasteiger partial charge in [-0.15, -0.1) is 0 Å². The zero-order chi connectivity index (χ0) is 15.4. The van der Waals surface area contributed by atoms with Crippen LogP contribution < -0.4 is 11.1 Å². The van der Waals surface area contributed by atoms with Gasteiger partial charge in [-0.2, -0.15) is 0 Å². The van der Waals surface area contributed by atoms with Crippen molar-refractivity contribution in [3.05, 3.63) is 78.5 Å². The second-order valence-corrected chi connectivity index (χ2v) is 4.83. The number of nitrogens with one attached hydrogen (secondary N) is 1. The Kier molecular flexibility index (Phi) is 3.83. The molecule has 1 amide bonds. The van der Waals surface area contributed by atoms with Crippen LogP contribution in [0.3, 0.4) is 0 Å². The molecule has 4 nitrogen and oxygen atoms in total. The molecule has 0 saturated heterocycles. The number of pyridine rings is 1. The predicted molar refractivity (Wildman–Crippen MR) is 87.9 cm³/mol. The monoisotopic (exact) mass is 289 g/mol. The van der Waals surface area contributed by atoms with E-state index in [1.165, 1.54) is 0 Å². The second kappa shape index (κ2) is 6.10. The van der Waals surface area contributed by atoms with Gasteiger partial charge in [-0.3, -0.25) is 9.78 Å². The first-order chi connectivity index (χ1) is 10.7. The predicted octanol–water partition coefficient (Wildman–Crippen LogP) is 3.59. The molecule has 0 saturated carbocycles. The summed E-state index contributed by atoms with van der Waals surface area (Å²) in [6.45, 7) is 0. The summed E-state index contributed by atoms with van der Waals surface area (Å²) in [5.41, 5.74) is 9.43. The molecule has 1 aromatic heterocycles. The van der Waals surface area contributed by atoms with E-state index < -0.39 is 5.91 Å². The van der Waals surface area contributed by atoms with Crippen LogP contribution in [0.4, 0.5) is 11.4 Å². The summed E-state index contributed by atoms with van der Waals surface area (Å²) < 4.78 is 0. The van der Waals surface area contributed by atoms with Crippen molar-refractivity contribution in [1.82, 2.24) is 4.98 Å². The van der Waals surface area contributed by atoms with Crippen molar-refractivity contribution in [2.75, 3.05) is 5.32 Å². The van der Waals surface area contributed by atoms with Crippen molar-refractivity contribution in [3.63, 3.8) is 0 Å². The molecular weight excluding hydrogens is 274 g/mol. The highest BCUT2D eigenvalue weighted by Gasteiger charge is 2.06. The number of nitrogens with zero attached hydrogens (tertiary/aromatic N) is 1. The van der Waals surface area contributed by atoms with Crippen LogP contribution in [-0.2, 0) is 0 Å². The van der Waals surface area contributed by atoms with Gasteiger partial charge >= 0.3 is 0 Å². The number of rotatable bonds is 4. The fraction of sp³-hybridized carbons (Fsp3) is 0. The Bertz CT molecular complexity index is 783. The molecule has 0 unspecified atom stereocenters. The Labute approximate surface area is 128 Å². The fourth-order valence-electron chi connectivity index (χ4n) is 2.21. The molecule has 0 aliphatic carbocycles. The van der Waals surface area contributed by atoms with Crippen molar-refractivity contribution in [3.8, 4) is 11.3 Å². The van der Waals surface area contributed by atoms with Gasteiger partial charge in [-0.05, 0) is 36.4 Å². The van der Waals surface area contributed by atoms with Gasteiger partial charge in [0.25, 0.3) is 0 Å². The number of primary amides is 1. The molecule has 0 bridgehead atoms. The molecule has 0 fully saturated rings. The molecule has 0 radical (unpaired) electrons. The second-order valence-electron chi connectivity index (χ2n) is 4.83. The Hall–Kier alpha value is -3.14. The molecule has 1 heterocycles. The number of hydrogen-bond acceptors (Lipinski definition) is 3. The third-order valence-corrected chi connectivity index (χ3v) is 3.30. The summed E-state index contributed by atoms with van der Waals surface area (Å²) in [5.74, 6) is -0.432. The Morgan fingerprint density at radius 2 is 1.64 bits per heavy atom. The number of benzene rings is 2. The Morgan fingerprint density at radius 3 is 2.32 bits per heavy atom. The van der Waals surface area contributed by atoms with E-state index in [0.717, 1.165) is 22.6 Å². The maximum Gasteiger partial charge on any atom is 0.248 e. The number of amides is 1. The minimum atomic E-state index is -0.432. The molecule has 0 atom stereocenters. The van der Waals surface area contributed by atoms with Crippen molar-refractivity contribution in [2.45, 2.75) is 0 Å². The Morgan fingerprint density at radius 1 is 0.909 bits per heavy atom. The lowest BCUT2D eigenvalue weighted by Gasteiger charge is -2.11. The highest BCUT2D eigenvalue weighted by molar-refractivity contribution is 5.93. The molecule has 0 aliphatic rings. The van der Waals surface area contributed by atoms with Crippen LogP contribution in [0.25, 0.3) is 11.3 Å². The molecule has 3 rings (SSSR count). The molecule has 0 spiro atoms. The molecule has 3 aromatic rings. The van der Waals surface area contributed by atoms with Crippen LogP contribution in [0.5, 0.6) is 0 Å². The van der Waals surface area contributed by atoms with Crippen molar-refractivity contribution < 1.29 is 4.79 Å². The van der Waals surface area contributed by atoms with Crippen molar-refractivity contribution in [1.29, 1.82) is 0 Å². The summed E-state index contributed by atoms with van der Waals surface area (Å²) in [5, 5.41) is 3.32. The van der Waals surface area contributed by atoms with E-state index in [9.17, 15) is 4.79 Å². The number of carbonyl (C=O) groups excluding carboxylic acids is 1. The van der Waals surface area contributed by atoms with E-state index in [0.29, 0.717) is 5.56 Å². The van der Waals surface area contributed by atoms with Crippen molar-refractivity contribution >= 4 is 17.3 Å². The summed E-state index contributed by atoms with van der Waals surface area (Å²) >= 11 is 0. The van der Waals surface area contributed by atoms with E-state index >= 15 is 0 Å². The van der Waals surface area contributed by atoms with Gasteiger partial charge in [0.2, 0.25) is 5.91 Å². The average Bonchev–Trinajstić information content (AvgIpc) is 2.57. The van der Waals surface area contributed by atoms with Crippen LogP contribution in [0, 0.1) is 0 Å². The first-order valence-electron chi connectivity index (χ1n) is 6.91. The average molecular weight is 289 g/mol. The molecule has 108 valence electrons. The maximum atomic E-state index is 11.1. The smallest absolute Gasteiger partial charge is 0.248 e. The highest BCUT2D eigenvalue weighted by Crippen LogP contribution is 2.27. The summed E-state index contributed by atoms with van der Waals surface area (Å²) in [6.07, 6.45) is 1.77. The number of carbonyl (C=O) groups is 1. The van der Waals surface area contributed by atoms with E-state index in [1.54, 1.807) is 18.3 Å². The van der Waals surface area contributed by atoms with Gasteiger partial charge in [0, 0.05) is 23.0 Å². The third-order valence-electron chi connectivity index (χ3n) is 3.30. The van der Waals surface area contributed by atoms with E-state index in [1.807, 2.05) is 54.6 Å². The first kappa shape index (κ1) is 13.8. The van der Waals surface area contributed by atoms with Crippen LogP contribution >= 0.6 is 0 Å². The zero-order valence-electron chi connectivity index (χ0n) is 11.9. The topological polar surface area (TPSA) is 68.0 Å². The quantitative estimate of drug-likeness (QED) is 0.771. The lowest BCUT2D eigenvalue weighted by atomic mass is 10.1.